The Kier molecular flexibility index (Phi) is 4.94. The Bertz CT molecular complexity index is 762. The molecule has 2 rings (SSSR count). The zero-order chi connectivity index (χ0) is 17.9. The summed E-state index contributed by atoms with van der Waals surface area (Å²) in [7, 11) is 0. The fourth-order valence-corrected chi connectivity index (χ4v) is 2.74. The van der Waals surface area contributed by atoms with Gasteiger partial charge in [-0.05, 0) is 30.7 Å². The minimum Gasteiger partial charge on any atom is -0.320 e. The molecule has 1 amide bonds. The van der Waals surface area contributed by atoms with Crippen molar-refractivity contribution in [2.24, 2.45) is 0 Å². The molecule has 1 aromatic rings. The largest absolute Gasteiger partial charge is 0.320 e. The van der Waals surface area contributed by atoms with Crippen LogP contribution < -0.4 is 0 Å². The third kappa shape index (κ3) is 3.75. The van der Waals surface area contributed by atoms with Gasteiger partial charge in [0.25, 0.3) is 5.92 Å². The first kappa shape index (κ1) is 17.6. The van der Waals surface area contributed by atoms with Crippen LogP contribution in [0.25, 0.3) is 0 Å². The molecule has 0 saturated carbocycles. The molecule has 0 bridgehead atoms. The predicted molar refractivity (Wildman–Crippen MR) is 80.1 cm³/mol. The molecule has 1 aliphatic rings. The lowest BCUT2D eigenvalue weighted by molar-refractivity contribution is -0.132. The van der Waals surface area contributed by atoms with Crippen molar-refractivity contribution in [3.63, 3.8) is 0 Å². The van der Waals surface area contributed by atoms with Crippen molar-refractivity contribution in [3.8, 4) is 12.1 Å². The second kappa shape index (κ2) is 6.76. The summed E-state index contributed by atoms with van der Waals surface area (Å²) in [5, 5.41) is 17.7. The van der Waals surface area contributed by atoms with E-state index in [1.807, 2.05) is 6.07 Å². The van der Waals surface area contributed by atoms with Crippen LogP contribution in [0.15, 0.2) is 18.2 Å². The van der Waals surface area contributed by atoms with Crippen LogP contribution in [0, 0.1) is 29.6 Å². The Hall–Kier alpha value is -2.80. The molecule has 1 heterocycles. The maximum Gasteiger partial charge on any atom is 0.268 e. The fourth-order valence-electron chi connectivity index (χ4n) is 2.74. The number of amides is 1. The molecule has 1 saturated heterocycles. The van der Waals surface area contributed by atoms with E-state index in [2.05, 4.69) is 0 Å². The van der Waals surface area contributed by atoms with Crippen molar-refractivity contribution in [3.05, 3.63) is 34.9 Å². The van der Waals surface area contributed by atoms with E-state index in [0.29, 0.717) is 16.7 Å². The number of halogens is 2. The van der Waals surface area contributed by atoms with E-state index in [0.717, 1.165) is 4.90 Å². The van der Waals surface area contributed by atoms with E-state index in [-0.39, 0.29) is 18.6 Å². The number of nitrogens with zero attached hydrogens (tertiary/aromatic N) is 3. The van der Waals surface area contributed by atoms with Gasteiger partial charge in [-0.15, -0.1) is 0 Å². The van der Waals surface area contributed by atoms with E-state index in [9.17, 15) is 18.4 Å². The fraction of sp³-hybridized carbons (Fsp3) is 0.412. The minimum absolute atomic E-state index is 0.133. The third-order valence-electron chi connectivity index (χ3n) is 3.96. The first-order valence-electron chi connectivity index (χ1n) is 7.38. The van der Waals surface area contributed by atoms with Crippen LogP contribution in [0.1, 0.15) is 40.7 Å². The molecular weight excluding hydrogens is 316 g/mol. The van der Waals surface area contributed by atoms with Crippen molar-refractivity contribution >= 4 is 11.7 Å². The molecule has 24 heavy (non-hydrogen) atoms. The van der Waals surface area contributed by atoms with Gasteiger partial charge in [0.15, 0.2) is 5.78 Å². The summed E-state index contributed by atoms with van der Waals surface area (Å²) in [5.74, 6) is -3.99. The highest BCUT2D eigenvalue weighted by Crippen LogP contribution is 2.32. The Morgan fingerprint density at radius 3 is 2.62 bits per heavy atom. The number of nitriles is 2. The number of rotatable bonds is 4. The van der Waals surface area contributed by atoms with Crippen LogP contribution in [0.2, 0.25) is 0 Å². The molecule has 1 aliphatic heterocycles. The summed E-state index contributed by atoms with van der Waals surface area (Å²) < 4.78 is 26.7. The summed E-state index contributed by atoms with van der Waals surface area (Å²) in [6.07, 6.45) is -1.03. The van der Waals surface area contributed by atoms with Gasteiger partial charge < -0.3 is 4.90 Å². The Balaban J connectivity index is 2.01. The molecule has 7 heteroatoms. The number of Topliss-reactive ketones (excluding diaryl/α,β-unsaturated/α-hetero) is 1. The molecule has 0 aromatic heterocycles. The Morgan fingerprint density at radius 2 is 2.04 bits per heavy atom. The van der Waals surface area contributed by atoms with E-state index in [1.165, 1.54) is 12.1 Å². The standard InChI is InChI=1S/C17H15F2N3O2/c1-11-6-12(8-20)2-3-14(11)15(23)4-5-16(24)22-10-17(18,19)7-13(22)9-21/h2-3,6,13H,4-5,7,10H2,1H3/t13-/m0/s1. The third-order valence-corrected chi connectivity index (χ3v) is 3.96. The summed E-state index contributed by atoms with van der Waals surface area (Å²) >= 11 is 0. The number of ketones is 1. The van der Waals surface area contributed by atoms with Crippen molar-refractivity contribution in [1.29, 1.82) is 10.5 Å². The minimum atomic E-state index is -3.07. The highest BCUT2D eigenvalue weighted by molar-refractivity contribution is 5.99. The van der Waals surface area contributed by atoms with Crippen LogP contribution in [-0.2, 0) is 4.79 Å². The molecule has 5 nitrogen and oxygen atoms in total. The molecule has 1 aromatic carbocycles. The highest BCUT2D eigenvalue weighted by atomic mass is 19.3. The van der Waals surface area contributed by atoms with Gasteiger partial charge in [-0.25, -0.2) is 8.78 Å². The van der Waals surface area contributed by atoms with Crippen LogP contribution in [-0.4, -0.2) is 35.1 Å². The highest BCUT2D eigenvalue weighted by Gasteiger charge is 2.47. The molecule has 0 unspecified atom stereocenters. The number of carbonyl (C=O) groups is 2. The summed E-state index contributed by atoms with van der Waals surface area (Å²) in [6, 6.07) is 7.11. The number of alkyl halides is 2. The van der Waals surface area contributed by atoms with Gasteiger partial charge in [0.2, 0.25) is 5.91 Å². The molecule has 124 valence electrons. The molecule has 0 aliphatic carbocycles. The second-order valence-corrected chi connectivity index (χ2v) is 5.79. The van der Waals surface area contributed by atoms with Gasteiger partial charge in [0.05, 0.1) is 24.2 Å². The average Bonchev–Trinajstić information content (AvgIpc) is 2.87. The normalized spacial score (nSPS) is 18.7. The summed E-state index contributed by atoms with van der Waals surface area (Å²) in [6.45, 7) is 0.900. The SMILES string of the molecule is Cc1cc(C#N)ccc1C(=O)CCC(=O)N1CC(F)(F)C[C@H]1C#N. The van der Waals surface area contributed by atoms with E-state index >= 15 is 0 Å². The number of benzene rings is 1. The van der Waals surface area contributed by atoms with E-state index in [4.69, 9.17) is 10.5 Å². The smallest absolute Gasteiger partial charge is 0.268 e. The molecule has 1 fully saturated rings. The molecule has 0 spiro atoms. The predicted octanol–water partition coefficient (Wildman–Crippen LogP) is 2.59. The molecule has 0 radical (unpaired) electrons. The lowest BCUT2D eigenvalue weighted by Crippen LogP contribution is -2.36. The van der Waals surface area contributed by atoms with Gasteiger partial charge in [-0.1, -0.05) is 0 Å². The number of likely N-dealkylation sites (tertiary alicyclic amines) is 1. The first-order valence-corrected chi connectivity index (χ1v) is 7.38. The van der Waals surface area contributed by atoms with Gasteiger partial charge in [-0.3, -0.25) is 9.59 Å². The lowest BCUT2D eigenvalue weighted by Gasteiger charge is -2.18. The van der Waals surface area contributed by atoms with E-state index in [1.54, 1.807) is 19.1 Å². The summed E-state index contributed by atoms with van der Waals surface area (Å²) in [5.41, 5.74) is 1.44. The van der Waals surface area contributed by atoms with Crippen LogP contribution in [0.3, 0.4) is 0 Å². The topological polar surface area (TPSA) is 85.0 Å². The maximum absolute atomic E-state index is 13.3. The second-order valence-electron chi connectivity index (χ2n) is 5.79. The average molecular weight is 331 g/mol. The van der Waals surface area contributed by atoms with Gasteiger partial charge in [0, 0.05) is 24.8 Å². The Labute approximate surface area is 138 Å². The maximum atomic E-state index is 13.3. The van der Waals surface area contributed by atoms with Gasteiger partial charge in [0.1, 0.15) is 6.04 Å². The molecule has 1 atom stereocenters. The lowest BCUT2D eigenvalue weighted by atomic mass is 9.99. The van der Waals surface area contributed by atoms with Gasteiger partial charge >= 0.3 is 0 Å². The van der Waals surface area contributed by atoms with Crippen LogP contribution in [0.4, 0.5) is 8.78 Å². The number of hydrogen-bond donors (Lipinski definition) is 0. The van der Waals surface area contributed by atoms with Crippen molar-refractivity contribution in [2.75, 3.05) is 6.54 Å². The summed E-state index contributed by atoms with van der Waals surface area (Å²) in [4.78, 5) is 25.1. The van der Waals surface area contributed by atoms with Crippen molar-refractivity contribution in [1.82, 2.24) is 4.90 Å². The van der Waals surface area contributed by atoms with Crippen LogP contribution in [0.5, 0.6) is 0 Å². The number of carbonyl (C=O) groups excluding carboxylic acids is 2. The van der Waals surface area contributed by atoms with Gasteiger partial charge in [-0.2, -0.15) is 10.5 Å². The number of hydrogen-bond acceptors (Lipinski definition) is 4. The van der Waals surface area contributed by atoms with Crippen molar-refractivity contribution < 1.29 is 18.4 Å². The zero-order valence-corrected chi connectivity index (χ0v) is 13.1. The zero-order valence-electron chi connectivity index (χ0n) is 13.1. The quantitative estimate of drug-likeness (QED) is 0.794. The first-order chi connectivity index (χ1) is 11.3. The molecule has 0 N–H and O–H groups in total. The van der Waals surface area contributed by atoms with E-state index < -0.39 is 30.8 Å². The molecular formula is C17H15F2N3O2. The number of aryl methyl sites for hydroxylation is 1. The monoisotopic (exact) mass is 331 g/mol. The van der Waals surface area contributed by atoms with Crippen LogP contribution >= 0.6 is 0 Å². The van der Waals surface area contributed by atoms with Crippen molar-refractivity contribution in [2.45, 2.75) is 38.2 Å². The Morgan fingerprint density at radius 1 is 1.33 bits per heavy atom.